The Labute approximate surface area is 82.5 Å². The molecule has 0 unspecified atom stereocenters. The van der Waals surface area contributed by atoms with Crippen LogP contribution in [0.2, 0.25) is 0 Å². The highest BCUT2D eigenvalue weighted by Crippen LogP contribution is 2.15. The van der Waals surface area contributed by atoms with E-state index in [9.17, 15) is 5.21 Å². The molecule has 0 aliphatic carbocycles. The number of nitrogens with zero attached hydrogens (tertiary/aromatic N) is 1. The Kier molecular flexibility index (Phi) is 2.19. The normalized spacial score (nSPS) is 11.9. The Balaban J connectivity index is 2.62. The van der Waals surface area contributed by atoms with Gasteiger partial charge in [0.05, 0.1) is 5.71 Å². The molecule has 0 bridgehead atoms. The van der Waals surface area contributed by atoms with Crippen LogP contribution in [0.15, 0.2) is 47.6 Å². The van der Waals surface area contributed by atoms with Crippen LogP contribution in [0.4, 0.5) is 0 Å². The number of benzene rings is 2. The average molecular weight is 184 g/mol. The van der Waals surface area contributed by atoms with E-state index in [2.05, 4.69) is 5.16 Å². The minimum absolute atomic E-state index is 0.524. The first-order valence-electron chi connectivity index (χ1n) is 4.47. The molecule has 1 radical (unpaired) electrons. The van der Waals surface area contributed by atoms with Gasteiger partial charge in [-0.1, -0.05) is 36.4 Å². The first-order chi connectivity index (χ1) is 6.81. The van der Waals surface area contributed by atoms with E-state index in [1.807, 2.05) is 42.5 Å². The Morgan fingerprint density at radius 3 is 2.50 bits per heavy atom. The fraction of sp³-hybridized carbons (Fsp3) is 0.0833. The molecule has 0 spiro atoms. The smallest absolute Gasteiger partial charge is 0.0890 e. The Hall–Kier alpha value is -1.83. The van der Waals surface area contributed by atoms with E-state index >= 15 is 0 Å². The largest absolute Gasteiger partial charge is 0.145 e. The lowest BCUT2D eigenvalue weighted by Crippen LogP contribution is -1.92. The highest BCUT2D eigenvalue weighted by Gasteiger charge is 1.99. The molecule has 2 rings (SSSR count). The van der Waals surface area contributed by atoms with Crippen LogP contribution >= 0.6 is 0 Å². The van der Waals surface area contributed by atoms with E-state index in [-0.39, 0.29) is 0 Å². The molecule has 0 heterocycles. The summed E-state index contributed by atoms with van der Waals surface area (Å²) >= 11 is 0. The maximum Gasteiger partial charge on any atom is 0.0890 e. The van der Waals surface area contributed by atoms with E-state index in [1.54, 1.807) is 6.92 Å². The van der Waals surface area contributed by atoms with Gasteiger partial charge in [0.15, 0.2) is 0 Å². The minimum atomic E-state index is 0.524. The van der Waals surface area contributed by atoms with Crippen molar-refractivity contribution in [3.05, 3.63) is 48.0 Å². The fourth-order valence-electron chi connectivity index (χ4n) is 1.47. The molecule has 0 aliphatic heterocycles. The predicted molar refractivity (Wildman–Crippen MR) is 56.8 cm³/mol. The lowest BCUT2D eigenvalue weighted by atomic mass is 10.0. The van der Waals surface area contributed by atoms with E-state index in [4.69, 9.17) is 0 Å². The minimum Gasteiger partial charge on any atom is -0.145 e. The third-order valence-electron chi connectivity index (χ3n) is 2.30. The molecular formula is C12H10NO. The van der Waals surface area contributed by atoms with Gasteiger partial charge in [-0.05, 0) is 34.5 Å². The van der Waals surface area contributed by atoms with Crippen molar-refractivity contribution in [2.24, 2.45) is 5.16 Å². The summed E-state index contributed by atoms with van der Waals surface area (Å²) in [6, 6.07) is 13.9. The van der Waals surface area contributed by atoms with Crippen LogP contribution in [0.5, 0.6) is 0 Å². The Bertz CT molecular complexity index is 488. The van der Waals surface area contributed by atoms with Crippen molar-refractivity contribution in [1.29, 1.82) is 0 Å². The molecule has 0 fully saturated rings. The van der Waals surface area contributed by atoms with Gasteiger partial charge in [0.1, 0.15) is 0 Å². The van der Waals surface area contributed by atoms with Crippen molar-refractivity contribution in [2.75, 3.05) is 0 Å². The molecule has 2 nitrogen and oxygen atoms in total. The van der Waals surface area contributed by atoms with E-state index < -0.39 is 0 Å². The summed E-state index contributed by atoms with van der Waals surface area (Å²) in [5.74, 6) is 0. The van der Waals surface area contributed by atoms with E-state index in [1.165, 1.54) is 5.39 Å². The van der Waals surface area contributed by atoms with E-state index in [0.717, 1.165) is 10.9 Å². The topological polar surface area (TPSA) is 32.3 Å². The lowest BCUT2D eigenvalue weighted by Gasteiger charge is -2.00. The first-order valence-corrected chi connectivity index (χ1v) is 4.47. The van der Waals surface area contributed by atoms with Crippen LogP contribution < -0.4 is 0 Å². The van der Waals surface area contributed by atoms with Crippen molar-refractivity contribution in [3.8, 4) is 0 Å². The molecule has 14 heavy (non-hydrogen) atoms. The van der Waals surface area contributed by atoms with Crippen molar-refractivity contribution >= 4 is 16.5 Å². The summed E-state index contributed by atoms with van der Waals surface area (Å²) in [7, 11) is 0. The van der Waals surface area contributed by atoms with Gasteiger partial charge >= 0.3 is 0 Å². The van der Waals surface area contributed by atoms with Crippen molar-refractivity contribution in [3.63, 3.8) is 0 Å². The van der Waals surface area contributed by atoms with Crippen molar-refractivity contribution < 1.29 is 5.21 Å². The van der Waals surface area contributed by atoms with E-state index in [0.29, 0.717) is 5.71 Å². The highest BCUT2D eigenvalue weighted by atomic mass is 16.4. The summed E-state index contributed by atoms with van der Waals surface area (Å²) in [5.41, 5.74) is 1.41. The standard InChI is InChI=1S/C12H10NO/c1-9(13-14)11-7-6-10-4-2-3-5-12(10)8-11/h2-8H,1H3. The molecule has 0 amide bonds. The molecule has 0 N–H and O–H groups in total. The van der Waals surface area contributed by atoms with Crippen molar-refractivity contribution in [2.45, 2.75) is 6.92 Å². The molecular weight excluding hydrogens is 174 g/mol. The Morgan fingerprint density at radius 2 is 1.79 bits per heavy atom. The van der Waals surface area contributed by atoms with Gasteiger partial charge in [0.2, 0.25) is 0 Å². The van der Waals surface area contributed by atoms with Gasteiger partial charge in [0, 0.05) is 0 Å². The molecule has 0 atom stereocenters. The molecule has 0 aliphatic rings. The number of hydrogen-bond donors (Lipinski definition) is 0. The summed E-state index contributed by atoms with van der Waals surface area (Å²) < 4.78 is 0. The van der Waals surface area contributed by atoms with Crippen LogP contribution in [0.1, 0.15) is 12.5 Å². The molecule has 2 aromatic carbocycles. The molecule has 69 valence electrons. The van der Waals surface area contributed by atoms with Gasteiger partial charge in [-0.2, -0.15) is 0 Å². The maximum atomic E-state index is 10.4. The molecule has 2 heteroatoms. The SMILES string of the molecule is CC(=N[O])c1ccc2ccccc2c1. The zero-order valence-electron chi connectivity index (χ0n) is 7.90. The van der Waals surface area contributed by atoms with Crippen LogP contribution in [0.25, 0.3) is 10.8 Å². The number of fused-ring (bicyclic) bond motifs is 1. The lowest BCUT2D eigenvalue weighted by molar-refractivity contribution is 0.209. The van der Waals surface area contributed by atoms with Crippen molar-refractivity contribution in [1.82, 2.24) is 0 Å². The number of rotatable bonds is 1. The summed E-state index contributed by atoms with van der Waals surface area (Å²) in [6.45, 7) is 1.72. The molecule has 0 aromatic heterocycles. The highest BCUT2D eigenvalue weighted by molar-refractivity contribution is 6.01. The predicted octanol–water partition coefficient (Wildman–Crippen LogP) is 2.99. The average Bonchev–Trinajstić information content (AvgIpc) is 2.27. The second-order valence-electron chi connectivity index (χ2n) is 3.24. The monoisotopic (exact) mass is 184 g/mol. The van der Waals surface area contributed by atoms with Gasteiger partial charge < -0.3 is 0 Å². The van der Waals surface area contributed by atoms with Crippen LogP contribution in [0.3, 0.4) is 0 Å². The second-order valence-corrected chi connectivity index (χ2v) is 3.24. The summed E-state index contributed by atoms with van der Waals surface area (Å²) in [5, 5.41) is 15.6. The van der Waals surface area contributed by atoms with Crippen LogP contribution in [0, 0.1) is 0 Å². The molecule has 0 saturated heterocycles. The quantitative estimate of drug-likeness (QED) is 0.482. The second kappa shape index (κ2) is 3.50. The third-order valence-corrected chi connectivity index (χ3v) is 2.30. The summed E-state index contributed by atoms with van der Waals surface area (Å²) in [4.78, 5) is 0. The van der Waals surface area contributed by atoms with Crippen LogP contribution in [-0.2, 0) is 5.21 Å². The third kappa shape index (κ3) is 1.46. The molecule has 0 saturated carbocycles. The Morgan fingerprint density at radius 1 is 1.07 bits per heavy atom. The van der Waals surface area contributed by atoms with Gasteiger partial charge in [-0.15, -0.1) is 5.21 Å². The first kappa shape index (κ1) is 8.75. The zero-order chi connectivity index (χ0) is 9.97. The van der Waals surface area contributed by atoms with Crippen LogP contribution in [-0.4, -0.2) is 5.71 Å². The van der Waals surface area contributed by atoms with Gasteiger partial charge in [-0.25, -0.2) is 0 Å². The fourth-order valence-corrected chi connectivity index (χ4v) is 1.47. The number of hydrogen-bond acceptors (Lipinski definition) is 1. The van der Waals surface area contributed by atoms with Gasteiger partial charge in [-0.3, -0.25) is 0 Å². The summed E-state index contributed by atoms with van der Waals surface area (Å²) in [6.07, 6.45) is 0. The maximum absolute atomic E-state index is 10.4. The zero-order valence-corrected chi connectivity index (χ0v) is 7.90. The molecule has 2 aromatic rings. The van der Waals surface area contributed by atoms with Gasteiger partial charge in [0.25, 0.3) is 0 Å².